The minimum Gasteiger partial charge on any atom is -0.481 e. The summed E-state index contributed by atoms with van der Waals surface area (Å²) in [5.41, 5.74) is 4.51. The van der Waals surface area contributed by atoms with Crippen LogP contribution in [0.5, 0.6) is 0 Å². The molecule has 10 heteroatoms. The minimum absolute atomic E-state index is 0.00159. The second-order valence-electron chi connectivity index (χ2n) is 6.19. The number of carbonyl (C=O) groups excluding carboxylic acids is 2. The number of allylic oxidation sites excluding steroid dienone is 1. The van der Waals surface area contributed by atoms with Gasteiger partial charge in [-0.1, -0.05) is 24.3 Å². The van der Waals surface area contributed by atoms with Crippen molar-refractivity contribution in [2.75, 3.05) is 13.2 Å². The molecule has 1 unspecified atom stereocenters. The number of aliphatic carboxylic acids is 1. The van der Waals surface area contributed by atoms with Gasteiger partial charge in [-0.3, -0.25) is 10.2 Å². The number of benzene rings is 1. The minimum atomic E-state index is -0.948. The normalized spacial score (nSPS) is 15.6. The van der Waals surface area contributed by atoms with Crippen molar-refractivity contribution in [3.05, 3.63) is 46.8 Å². The van der Waals surface area contributed by atoms with Gasteiger partial charge < -0.3 is 24.1 Å². The van der Waals surface area contributed by atoms with Gasteiger partial charge in [0.1, 0.15) is 11.7 Å². The first kappa shape index (κ1) is 22.7. The Balaban J connectivity index is 2.34. The molecule has 0 saturated carbocycles. The largest absolute Gasteiger partial charge is 0.515 e. The van der Waals surface area contributed by atoms with Gasteiger partial charge in [0, 0.05) is 6.42 Å². The van der Waals surface area contributed by atoms with E-state index in [1.807, 2.05) is 0 Å². The fourth-order valence-electron chi connectivity index (χ4n) is 2.70. The Kier molecular flexibility index (Phi) is 8.21. The van der Waals surface area contributed by atoms with E-state index in [9.17, 15) is 14.4 Å². The van der Waals surface area contributed by atoms with Crippen molar-refractivity contribution in [2.24, 2.45) is 5.10 Å². The van der Waals surface area contributed by atoms with E-state index in [2.05, 4.69) is 10.5 Å². The molecule has 0 aliphatic carbocycles. The molecule has 2 N–H and O–H groups in total. The Morgan fingerprint density at radius 1 is 1.03 bits per heavy atom. The van der Waals surface area contributed by atoms with E-state index < -0.39 is 24.2 Å². The van der Waals surface area contributed by atoms with Crippen molar-refractivity contribution in [3.8, 4) is 0 Å². The molecular formula is C20H24N2O8. The van der Waals surface area contributed by atoms with Gasteiger partial charge >= 0.3 is 18.3 Å². The van der Waals surface area contributed by atoms with Gasteiger partial charge in [-0.2, -0.15) is 0 Å². The van der Waals surface area contributed by atoms with Gasteiger partial charge in [-0.15, -0.1) is 5.10 Å². The van der Waals surface area contributed by atoms with Crippen LogP contribution in [0.1, 0.15) is 44.2 Å². The Labute approximate surface area is 173 Å². The molecule has 30 heavy (non-hydrogen) atoms. The van der Waals surface area contributed by atoms with Crippen molar-refractivity contribution in [1.29, 1.82) is 0 Å². The second-order valence-corrected chi connectivity index (χ2v) is 6.19. The molecular weight excluding hydrogens is 396 g/mol. The van der Waals surface area contributed by atoms with Crippen molar-refractivity contribution < 1.29 is 38.4 Å². The third kappa shape index (κ3) is 6.23. The average molecular weight is 420 g/mol. The molecule has 0 aromatic heterocycles. The zero-order valence-corrected chi connectivity index (χ0v) is 17.0. The predicted octanol–water partition coefficient (Wildman–Crippen LogP) is 3.28. The lowest BCUT2D eigenvalue weighted by molar-refractivity contribution is -0.136. The Bertz CT molecular complexity index is 845. The topological polar surface area (TPSA) is 133 Å². The van der Waals surface area contributed by atoms with Gasteiger partial charge in [0.05, 0.1) is 18.9 Å². The van der Waals surface area contributed by atoms with Crippen LogP contribution in [0, 0.1) is 0 Å². The number of rotatable bonds is 7. The van der Waals surface area contributed by atoms with E-state index in [0.29, 0.717) is 17.7 Å². The molecule has 2 rings (SSSR count). The number of hydrogen-bond donors (Lipinski definition) is 2. The van der Waals surface area contributed by atoms with Crippen LogP contribution in [0.4, 0.5) is 9.59 Å². The molecule has 0 radical (unpaired) electrons. The third-order valence-electron chi connectivity index (χ3n) is 4.06. The number of ether oxygens (including phenoxy) is 4. The smallest absolute Gasteiger partial charge is 0.481 e. The summed E-state index contributed by atoms with van der Waals surface area (Å²) in [5.74, 6) is -1.63. The Morgan fingerprint density at radius 2 is 1.63 bits per heavy atom. The van der Waals surface area contributed by atoms with E-state index in [1.165, 1.54) is 0 Å². The molecule has 0 bridgehead atoms. The van der Waals surface area contributed by atoms with Crippen LogP contribution in [0.3, 0.4) is 0 Å². The number of nitrogens with one attached hydrogen (secondary N) is 1. The lowest BCUT2D eigenvalue weighted by Crippen LogP contribution is -2.32. The number of carboxylic acid groups (broad SMARTS) is 1. The average Bonchev–Trinajstić information content (AvgIpc) is 2.70. The van der Waals surface area contributed by atoms with Gasteiger partial charge in [-0.25, -0.2) is 9.59 Å². The molecule has 1 aliphatic rings. The molecule has 1 aliphatic heterocycles. The highest BCUT2D eigenvalue weighted by Crippen LogP contribution is 2.32. The van der Waals surface area contributed by atoms with Crippen molar-refractivity contribution >= 4 is 24.2 Å². The number of hydrazone groups is 1. The first-order chi connectivity index (χ1) is 14.3. The van der Waals surface area contributed by atoms with Crippen molar-refractivity contribution in [2.45, 2.75) is 39.5 Å². The maximum absolute atomic E-state index is 11.9. The van der Waals surface area contributed by atoms with Crippen LogP contribution in [0.2, 0.25) is 0 Å². The maximum Gasteiger partial charge on any atom is 0.515 e. The zero-order chi connectivity index (χ0) is 22.1. The number of aryl methyl sites for hydroxylation is 1. The fourth-order valence-corrected chi connectivity index (χ4v) is 2.70. The van der Waals surface area contributed by atoms with Crippen LogP contribution < -0.4 is 5.43 Å². The fraction of sp³-hybridized carbons (Fsp3) is 0.400. The first-order valence-electron chi connectivity index (χ1n) is 9.39. The van der Waals surface area contributed by atoms with Crippen molar-refractivity contribution in [1.82, 2.24) is 5.43 Å². The summed E-state index contributed by atoms with van der Waals surface area (Å²) in [6, 6.07) is 6.94. The van der Waals surface area contributed by atoms with Gasteiger partial charge in [-0.05, 0) is 38.3 Å². The Morgan fingerprint density at radius 3 is 2.20 bits per heavy atom. The quantitative estimate of drug-likeness (QED) is 0.637. The Hall–Kier alpha value is -3.56. The van der Waals surface area contributed by atoms with Gasteiger partial charge in [0.2, 0.25) is 5.90 Å². The van der Waals surface area contributed by atoms with Crippen LogP contribution in [0.15, 0.2) is 40.8 Å². The predicted molar refractivity (Wildman–Crippen MR) is 105 cm³/mol. The monoisotopic (exact) mass is 420 g/mol. The third-order valence-corrected chi connectivity index (χ3v) is 4.06. The molecule has 1 aromatic carbocycles. The van der Waals surface area contributed by atoms with Crippen molar-refractivity contribution in [3.63, 3.8) is 0 Å². The summed E-state index contributed by atoms with van der Waals surface area (Å²) < 4.78 is 20.2. The summed E-state index contributed by atoms with van der Waals surface area (Å²) in [4.78, 5) is 34.6. The number of hydrogen-bond acceptors (Lipinski definition) is 9. The van der Waals surface area contributed by atoms with E-state index in [-0.39, 0.29) is 31.3 Å². The molecule has 0 saturated heterocycles. The summed E-state index contributed by atoms with van der Waals surface area (Å²) in [7, 11) is 0. The number of nitrogens with zero attached hydrogens (tertiary/aromatic N) is 1. The first-order valence-corrected chi connectivity index (χ1v) is 9.39. The summed E-state index contributed by atoms with van der Waals surface area (Å²) in [5, 5.41) is 12.9. The van der Waals surface area contributed by atoms with E-state index in [4.69, 9.17) is 24.1 Å². The number of carbonyl (C=O) groups is 3. The van der Waals surface area contributed by atoms with Crippen LogP contribution in [0.25, 0.3) is 0 Å². The van der Waals surface area contributed by atoms with Crippen LogP contribution >= 0.6 is 0 Å². The maximum atomic E-state index is 11.9. The standard InChI is InChI=1S/C20H24N2O8/c1-4-27-19(25)29-17-12(3)21-22-18(30-20(26)28-5-2)16(17)14-9-6-13(7-10-14)8-11-15(23)24/h6-7,9-10,16,21H,4-5,8,11H2,1-3H3,(H,23,24). The van der Waals surface area contributed by atoms with E-state index in [0.717, 1.165) is 5.56 Å². The highest BCUT2D eigenvalue weighted by Gasteiger charge is 2.35. The lowest BCUT2D eigenvalue weighted by Gasteiger charge is -2.26. The zero-order valence-electron chi connectivity index (χ0n) is 17.0. The SMILES string of the molecule is CCOC(=O)OC1=NNC(C)=C(OC(=O)OCC)C1c1ccc(CCC(=O)O)cc1. The summed E-state index contributed by atoms with van der Waals surface area (Å²) >= 11 is 0. The molecule has 0 amide bonds. The van der Waals surface area contributed by atoms with Crippen LogP contribution in [-0.4, -0.2) is 42.5 Å². The highest BCUT2D eigenvalue weighted by atomic mass is 16.7. The molecule has 162 valence electrons. The molecule has 0 fully saturated rings. The second kappa shape index (κ2) is 10.8. The molecule has 0 spiro atoms. The lowest BCUT2D eigenvalue weighted by atomic mass is 9.93. The van der Waals surface area contributed by atoms with Crippen LogP contribution in [-0.2, 0) is 30.2 Å². The van der Waals surface area contributed by atoms with Gasteiger partial charge in [0.25, 0.3) is 0 Å². The molecule has 1 heterocycles. The van der Waals surface area contributed by atoms with E-state index >= 15 is 0 Å². The number of carboxylic acids is 1. The molecule has 1 atom stereocenters. The highest BCUT2D eigenvalue weighted by molar-refractivity contribution is 5.94. The summed E-state index contributed by atoms with van der Waals surface area (Å²) in [6.07, 6.45) is -1.49. The van der Waals surface area contributed by atoms with Gasteiger partial charge in [0.15, 0.2) is 0 Å². The molecule has 1 aromatic rings. The summed E-state index contributed by atoms with van der Waals surface area (Å²) in [6.45, 7) is 5.17. The molecule has 10 nitrogen and oxygen atoms in total. The van der Waals surface area contributed by atoms with E-state index in [1.54, 1.807) is 45.0 Å².